The van der Waals surface area contributed by atoms with Crippen molar-refractivity contribution in [1.29, 1.82) is 0 Å². The number of nitrogens with one attached hydrogen (secondary N) is 1. The third-order valence-corrected chi connectivity index (χ3v) is 9.63. The van der Waals surface area contributed by atoms with E-state index in [1.807, 2.05) is 91.0 Å². The third kappa shape index (κ3) is 5.21. The number of rotatable bonds is 9. The number of carboxylic acid groups (broad SMARTS) is 1. The van der Waals surface area contributed by atoms with Gasteiger partial charge >= 0.3 is 5.97 Å². The van der Waals surface area contributed by atoms with Gasteiger partial charge in [-0.15, -0.1) is 23.1 Å². The van der Waals surface area contributed by atoms with Crippen LogP contribution < -0.4 is 11.1 Å². The smallest absolute Gasteiger partial charge is 0.353 e. The number of amides is 2. The summed E-state index contributed by atoms with van der Waals surface area (Å²) in [4.78, 5) is 50.5. The summed E-state index contributed by atoms with van der Waals surface area (Å²) in [5.41, 5.74) is 6.57. The highest BCUT2D eigenvalue weighted by atomic mass is 35.5. The van der Waals surface area contributed by atoms with Gasteiger partial charge in [-0.3, -0.25) is 14.5 Å². The van der Waals surface area contributed by atoms with E-state index >= 15 is 0 Å². The van der Waals surface area contributed by atoms with Crippen molar-refractivity contribution in [3.8, 4) is 0 Å². The first-order valence-corrected chi connectivity index (χ1v) is 15.6. The molecule has 0 unspecified atom stereocenters. The van der Waals surface area contributed by atoms with Gasteiger partial charge in [-0.25, -0.2) is 9.78 Å². The molecule has 3 aromatic carbocycles. The van der Waals surface area contributed by atoms with E-state index in [2.05, 4.69) is 15.5 Å². The Bertz CT molecular complexity index is 1690. The van der Waals surface area contributed by atoms with Crippen LogP contribution in [0.15, 0.2) is 112 Å². The molecule has 2 aliphatic heterocycles. The Morgan fingerprint density at radius 1 is 1.00 bits per heavy atom. The van der Waals surface area contributed by atoms with E-state index in [0.717, 1.165) is 32.9 Å². The third-order valence-electron chi connectivity index (χ3n) is 7.21. The monoisotopic (exact) mass is 645 g/mol. The molecule has 6 rings (SSSR count). The number of oxime groups is 1. The Balaban J connectivity index is 1.41. The number of fused-ring (bicyclic) bond motifs is 1. The van der Waals surface area contributed by atoms with E-state index in [-0.39, 0.29) is 33.0 Å². The van der Waals surface area contributed by atoms with Crippen LogP contribution in [0, 0.1) is 0 Å². The van der Waals surface area contributed by atoms with Crippen LogP contribution >= 0.6 is 34.7 Å². The first-order chi connectivity index (χ1) is 21.3. The number of aliphatic carboxylic acids is 1. The van der Waals surface area contributed by atoms with Crippen molar-refractivity contribution in [3.05, 3.63) is 129 Å². The fourth-order valence-corrected chi connectivity index (χ4v) is 7.28. The SMILES string of the molecule is Nc1nc(/C(=N/OC(c2ccccc2)(c2ccccc2)c2ccccc2)C(=O)N[C@@H]2C(=O)N3C(C(=O)O)=C(Cl)CS[C@H]23)cs1. The lowest BCUT2D eigenvalue weighted by Gasteiger charge is -2.48. The van der Waals surface area contributed by atoms with Gasteiger partial charge in [0.15, 0.2) is 10.8 Å². The predicted molar refractivity (Wildman–Crippen MR) is 169 cm³/mol. The van der Waals surface area contributed by atoms with E-state index in [1.165, 1.54) is 11.8 Å². The molecular weight excluding hydrogens is 622 g/mol. The number of anilines is 1. The molecule has 44 heavy (non-hydrogen) atoms. The maximum absolute atomic E-state index is 13.8. The van der Waals surface area contributed by atoms with Crippen LogP contribution in [-0.4, -0.2) is 55.7 Å². The fraction of sp³-hybridized carbons (Fsp3) is 0.129. The highest BCUT2D eigenvalue weighted by Gasteiger charge is 2.54. The van der Waals surface area contributed by atoms with Crippen molar-refractivity contribution in [2.24, 2.45) is 5.16 Å². The summed E-state index contributed by atoms with van der Waals surface area (Å²) >= 11 is 8.47. The fourth-order valence-electron chi connectivity index (χ4n) is 5.18. The molecule has 0 saturated carbocycles. The first-order valence-electron chi connectivity index (χ1n) is 13.3. The Labute approximate surface area is 265 Å². The molecular formula is C31H24ClN5O5S2. The topological polar surface area (TPSA) is 147 Å². The molecule has 3 heterocycles. The van der Waals surface area contributed by atoms with Crippen LogP contribution in [0.3, 0.4) is 0 Å². The number of nitrogen functional groups attached to an aromatic ring is 1. The Kier molecular flexibility index (Phi) is 8.13. The lowest BCUT2D eigenvalue weighted by Crippen LogP contribution is -2.71. The zero-order valence-electron chi connectivity index (χ0n) is 22.8. The molecule has 1 saturated heterocycles. The summed E-state index contributed by atoms with van der Waals surface area (Å²) in [5.74, 6) is -2.47. The van der Waals surface area contributed by atoms with Gasteiger partial charge < -0.3 is 21.0 Å². The van der Waals surface area contributed by atoms with Crippen LogP contribution in [0.4, 0.5) is 5.13 Å². The molecule has 1 fully saturated rings. The molecule has 0 aliphatic carbocycles. The predicted octanol–water partition coefficient (Wildman–Crippen LogP) is 4.37. The molecule has 2 amide bonds. The highest BCUT2D eigenvalue weighted by Crippen LogP contribution is 2.42. The standard InChI is InChI=1S/C31H24ClN5O5S2/c32-21-16-43-28-24(27(39)37(28)25(21)29(40)41)35-26(38)23(22-17-44-30(33)34-22)36-42-31(18-10-4-1-5-11-18,19-12-6-2-7-13-19)20-14-8-3-9-15-20/h1-15,17,24,28H,16H2,(H2,33,34)(H,35,38)(H,40,41)/b36-23-/t24-,28-/m1/s1. The van der Waals surface area contributed by atoms with Gasteiger partial charge in [0.05, 0.1) is 5.03 Å². The number of β-lactam (4-membered cyclic amide) rings is 1. The summed E-state index contributed by atoms with van der Waals surface area (Å²) in [6, 6.07) is 27.5. The van der Waals surface area contributed by atoms with Crippen molar-refractivity contribution >= 4 is 63.3 Å². The molecule has 1 aromatic heterocycles. The number of aromatic nitrogens is 1. The molecule has 10 nitrogen and oxygen atoms in total. The summed E-state index contributed by atoms with van der Waals surface area (Å²) in [6.07, 6.45) is 0. The van der Waals surface area contributed by atoms with E-state index in [9.17, 15) is 19.5 Å². The second kappa shape index (κ2) is 12.2. The number of benzene rings is 3. The highest BCUT2D eigenvalue weighted by molar-refractivity contribution is 8.00. The number of nitrogens with two attached hydrogens (primary N) is 1. The van der Waals surface area contributed by atoms with Gasteiger partial charge in [-0.1, -0.05) is 108 Å². The minimum atomic E-state index is -1.31. The van der Waals surface area contributed by atoms with Gasteiger partial charge in [-0.2, -0.15) is 0 Å². The minimum absolute atomic E-state index is 0.0598. The molecule has 4 N–H and O–H groups in total. The number of halogens is 1. The normalized spacial score (nSPS) is 18.3. The van der Waals surface area contributed by atoms with Crippen molar-refractivity contribution in [3.63, 3.8) is 0 Å². The van der Waals surface area contributed by atoms with Crippen molar-refractivity contribution in [2.75, 3.05) is 11.5 Å². The summed E-state index contributed by atoms with van der Waals surface area (Å²) in [7, 11) is 0. The molecule has 0 radical (unpaired) electrons. The first kappa shape index (κ1) is 29.4. The minimum Gasteiger partial charge on any atom is -0.477 e. The van der Waals surface area contributed by atoms with E-state index in [4.69, 9.17) is 22.2 Å². The second-order valence-electron chi connectivity index (χ2n) is 9.80. The zero-order valence-corrected chi connectivity index (χ0v) is 25.2. The van der Waals surface area contributed by atoms with Gasteiger partial charge in [0.1, 0.15) is 22.8 Å². The number of carbonyl (C=O) groups excluding carboxylic acids is 2. The quantitative estimate of drug-likeness (QED) is 0.105. The molecule has 0 bridgehead atoms. The van der Waals surface area contributed by atoms with Crippen LogP contribution in [0.2, 0.25) is 0 Å². The Hall–Kier alpha value is -4.65. The number of carbonyl (C=O) groups is 3. The summed E-state index contributed by atoms with van der Waals surface area (Å²) in [6.45, 7) is 0. The van der Waals surface area contributed by atoms with E-state index in [1.54, 1.807) is 5.38 Å². The van der Waals surface area contributed by atoms with E-state index in [0.29, 0.717) is 0 Å². The number of hydrogen-bond donors (Lipinski definition) is 3. The van der Waals surface area contributed by atoms with Crippen molar-refractivity contribution < 1.29 is 24.3 Å². The summed E-state index contributed by atoms with van der Waals surface area (Å²) in [5, 5.41) is 17.9. The number of carboxylic acids is 1. The van der Waals surface area contributed by atoms with Crippen molar-refractivity contribution in [2.45, 2.75) is 17.0 Å². The number of thioether (sulfide) groups is 1. The van der Waals surface area contributed by atoms with Gasteiger partial charge in [-0.05, 0) is 0 Å². The maximum atomic E-state index is 13.8. The average Bonchev–Trinajstić information content (AvgIpc) is 3.48. The number of nitrogens with zero attached hydrogens (tertiary/aromatic N) is 3. The van der Waals surface area contributed by atoms with Gasteiger partial charge in [0.2, 0.25) is 5.60 Å². The molecule has 2 atom stereocenters. The van der Waals surface area contributed by atoms with Crippen molar-refractivity contribution in [1.82, 2.24) is 15.2 Å². The Morgan fingerprint density at radius 2 is 1.55 bits per heavy atom. The van der Waals surface area contributed by atoms with Gasteiger partial charge in [0, 0.05) is 27.8 Å². The Morgan fingerprint density at radius 3 is 2.02 bits per heavy atom. The molecule has 222 valence electrons. The van der Waals surface area contributed by atoms with Crippen LogP contribution in [0.1, 0.15) is 22.4 Å². The molecule has 0 spiro atoms. The molecule has 4 aromatic rings. The van der Waals surface area contributed by atoms with Crippen LogP contribution in [0.5, 0.6) is 0 Å². The maximum Gasteiger partial charge on any atom is 0.353 e. The van der Waals surface area contributed by atoms with E-state index < -0.39 is 34.8 Å². The van der Waals surface area contributed by atoms with Crippen LogP contribution in [0.25, 0.3) is 0 Å². The number of hydrogen-bond acceptors (Lipinski definition) is 9. The second-order valence-corrected chi connectivity index (χ2v) is 12.3. The average molecular weight is 646 g/mol. The van der Waals surface area contributed by atoms with Gasteiger partial charge in [0.25, 0.3) is 11.8 Å². The lowest BCUT2D eigenvalue weighted by atomic mass is 9.80. The molecule has 13 heteroatoms. The zero-order chi connectivity index (χ0) is 30.8. The summed E-state index contributed by atoms with van der Waals surface area (Å²) < 4.78 is 0. The largest absolute Gasteiger partial charge is 0.477 e. The molecule has 2 aliphatic rings. The lowest BCUT2D eigenvalue weighted by molar-refractivity contribution is -0.150. The number of thiazole rings is 1. The van der Waals surface area contributed by atoms with Crippen LogP contribution in [-0.2, 0) is 24.8 Å².